The predicted molar refractivity (Wildman–Crippen MR) is 36.0 cm³/mol. The number of allylic oxidation sites excluding steroid dienone is 1. The van der Waals surface area contributed by atoms with Crippen molar-refractivity contribution in [3.05, 3.63) is 21.9 Å². The van der Waals surface area contributed by atoms with Crippen molar-refractivity contribution in [2.24, 2.45) is 0 Å². The van der Waals surface area contributed by atoms with Gasteiger partial charge in [0.25, 0.3) is 0 Å². The van der Waals surface area contributed by atoms with Crippen LogP contribution in [-0.2, 0) is 4.79 Å². The molecule has 0 saturated heterocycles. The molecule has 0 fully saturated rings. The summed E-state index contributed by atoms with van der Waals surface area (Å²) in [5, 5.41) is 9.81. The average molecular weight is 143 g/mol. The van der Waals surface area contributed by atoms with Crippen molar-refractivity contribution in [2.75, 3.05) is 0 Å². The van der Waals surface area contributed by atoms with Gasteiger partial charge in [-0.1, -0.05) is 6.92 Å². The second kappa shape index (κ2) is 3.76. The van der Waals surface area contributed by atoms with Gasteiger partial charge in [0.2, 0.25) is 6.20 Å². The van der Waals surface area contributed by atoms with E-state index in [1.807, 2.05) is 0 Å². The summed E-state index contributed by atoms with van der Waals surface area (Å²) in [6.45, 7) is 3.11. The molecule has 0 amide bonds. The molecular weight excluding hydrogens is 134 g/mol. The molecule has 0 aliphatic carbocycles. The van der Waals surface area contributed by atoms with Gasteiger partial charge in [-0.3, -0.25) is 14.9 Å². The third-order valence-corrected chi connectivity index (χ3v) is 1.06. The van der Waals surface area contributed by atoms with E-state index in [9.17, 15) is 14.9 Å². The van der Waals surface area contributed by atoms with Crippen LogP contribution in [0.5, 0.6) is 0 Å². The van der Waals surface area contributed by atoms with E-state index in [-0.39, 0.29) is 11.4 Å². The summed E-state index contributed by atoms with van der Waals surface area (Å²) >= 11 is 0. The molecule has 0 spiro atoms. The Bertz CT molecular complexity index is 183. The molecule has 0 aliphatic rings. The Kier molecular flexibility index (Phi) is 3.32. The van der Waals surface area contributed by atoms with Gasteiger partial charge in [-0.05, 0) is 6.92 Å². The van der Waals surface area contributed by atoms with E-state index >= 15 is 0 Å². The Labute approximate surface area is 58.7 Å². The molecule has 0 saturated carbocycles. The van der Waals surface area contributed by atoms with Crippen LogP contribution in [-0.4, -0.2) is 10.7 Å². The highest BCUT2D eigenvalue weighted by molar-refractivity contribution is 5.94. The van der Waals surface area contributed by atoms with Crippen molar-refractivity contribution in [1.82, 2.24) is 0 Å². The molecule has 0 atom stereocenters. The van der Waals surface area contributed by atoms with Crippen LogP contribution >= 0.6 is 0 Å². The number of nitro groups is 1. The summed E-state index contributed by atoms with van der Waals surface area (Å²) in [7, 11) is 0. The fraction of sp³-hybridized carbons (Fsp3) is 0.500. The van der Waals surface area contributed by atoms with Crippen LogP contribution < -0.4 is 0 Å². The first-order valence-electron chi connectivity index (χ1n) is 2.93. The maximum atomic E-state index is 10.7. The lowest BCUT2D eigenvalue weighted by atomic mass is 10.2. The van der Waals surface area contributed by atoms with Gasteiger partial charge in [-0.25, -0.2) is 0 Å². The van der Waals surface area contributed by atoms with Crippen LogP contribution in [0.3, 0.4) is 0 Å². The van der Waals surface area contributed by atoms with Gasteiger partial charge >= 0.3 is 0 Å². The van der Waals surface area contributed by atoms with Gasteiger partial charge < -0.3 is 0 Å². The molecule has 0 aromatic rings. The molecule has 4 heteroatoms. The first kappa shape index (κ1) is 8.81. The van der Waals surface area contributed by atoms with Crippen molar-refractivity contribution >= 4 is 5.78 Å². The molecule has 10 heavy (non-hydrogen) atoms. The third kappa shape index (κ3) is 2.96. The molecule has 0 N–H and O–H groups in total. The number of carbonyl (C=O) groups excluding carboxylic acids is 1. The summed E-state index contributed by atoms with van der Waals surface area (Å²) in [6, 6.07) is 0. The van der Waals surface area contributed by atoms with Crippen molar-refractivity contribution in [3.63, 3.8) is 0 Å². The molecule has 0 radical (unpaired) electrons. The van der Waals surface area contributed by atoms with Crippen molar-refractivity contribution in [3.8, 4) is 0 Å². The second-order valence-electron chi connectivity index (χ2n) is 1.87. The van der Waals surface area contributed by atoms with E-state index in [2.05, 4.69) is 0 Å². The molecule has 0 rings (SSSR count). The SMILES string of the molecule is CCC(=O)/C(C)=C/[N+](=O)[O-]. The number of hydrogen-bond donors (Lipinski definition) is 0. The van der Waals surface area contributed by atoms with E-state index in [4.69, 9.17) is 0 Å². The van der Waals surface area contributed by atoms with E-state index in [1.165, 1.54) is 6.92 Å². The summed E-state index contributed by atoms with van der Waals surface area (Å²) in [4.78, 5) is 19.9. The first-order valence-corrected chi connectivity index (χ1v) is 2.93. The summed E-state index contributed by atoms with van der Waals surface area (Å²) in [5.74, 6) is -0.184. The lowest BCUT2D eigenvalue weighted by Gasteiger charge is -1.89. The number of Topliss-reactive ketones (excluding diaryl/α,β-unsaturated/α-hetero) is 1. The zero-order valence-corrected chi connectivity index (χ0v) is 5.96. The van der Waals surface area contributed by atoms with E-state index in [0.29, 0.717) is 6.42 Å². The van der Waals surface area contributed by atoms with Crippen LogP contribution in [0, 0.1) is 10.1 Å². The van der Waals surface area contributed by atoms with Crippen molar-refractivity contribution in [1.29, 1.82) is 0 Å². The van der Waals surface area contributed by atoms with Crippen LogP contribution in [0.15, 0.2) is 11.8 Å². The maximum Gasteiger partial charge on any atom is 0.240 e. The highest BCUT2D eigenvalue weighted by Gasteiger charge is 2.03. The minimum Gasteiger partial charge on any atom is -0.294 e. The fourth-order valence-electron chi connectivity index (χ4n) is 0.509. The molecule has 0 aromatic carbocycles. The highest BCUT2D eigenvalue weighted by atomic mass is 16.6. The molecule has 0 aliphatic heterocycles. The number of carbonyl (C=O) groups is 1. The largest absolute Gasteiger partial charge is 0.294 e. The number of hydrogen-bond acceptors (Lipinski definition) is 3. The van der Waals surface area contributed by atoms with Gasteiger partial charge in [0.05, 0.1) is 10.5 Å². The molecule has 0 unspecified atom stereocenters. The number of ketones is 1. The molecule has 0 aromatic heterocycles. The molecule has 4 nitrogen and oxygen atoms in total. The average Bonchev–Trinajstić information content (AvgIpc) is 1.85. The van der Waals surface area contributed by atoms with Crippen molar-refractivity contribution in [2.45, 2.75) is 20.3 Å². The molecular formula is C6H9NO3. The topological polar surface area (TPSA) is 60.2 Å². The smallest absolute Gasteiger partial charge is 0.240 e. The fourth-order valence-corrected chi connectivity index (χ4v) is 0.509. The second-order valence-corrected chi connectivity index (χ2v) is 1.87. The Morgan fingerprint density at radius 3 is 2.50 bits per heavy atom. The van der Waals surface area contributed by atoms with Crippen LogP contribution in [0.4, 0.5) is 0 Å². The normalized spacial score (nSPS) is 11.2. The summed E-state index contributed by atoms with van der Waals surface area (Å²) in [5.41, 5.74) is 0.201. The predicted octanol–water partition coefficient (Wildman–Crippen LogP) is 1.15. The Balaban J connectivity index is 4.19. The standard InChI is InChI=1S/C6H9NO3/c1-3-6(8)5(2)4-7(9)10/h4H,3H2,1-2H3/b5-4+. The summed E-state index contributed by atoms with van der Waals surface area (Å²) in [6.07, 6.45) is 1.04. The Morgan fingerprint density at radius 2 is 2.20 bits per heavy atom. The van der Waals surface area contributed by atoms with Gasteiger partial charge in [-0.15, -0.1) is 0 Å². The van der Waals surface area contributed by atoms with Crippen LogP contribution in [0.2, 0.25) is 0 Å². The first-order chi connectivity index (χ1) is 4.57. The lowest BCUT2D eigenvalue weighted by molar-refractivity contribution is -0.403. The monoisotopic (exact) mass is 143 g/mol. The zero-order chi connectivity index (χ0) is 8.15. The van der Waals surface area contributed by atoms with E-state index < -0.39 is 4.92 Å². The maximum absolute atomic E-state index is 10.7. The van der Waals surface area contributed by atoms with Gasteiger partial charge in [0.15, 0.2) is 5.78 Å². The van der Waals surface area contributed by atoms with Crippen LogP contribution in [0.1, 0.15) is 20.3 Å². The van der Waals surface area contributed by atoms with Gasteiger partial charge in [0, 0.05) is 6.42 Å². The molecule has 0 heterocycles. The van der Waals surface area contributed by atoms with E-state index in [1.54, 1.807) is 6.92 Å². The third-order valence-electron chi connectivity index (χ3n) is 1.06. The number of rotatable bonds is 3. The Morgan fingerprint density at radius 1 is 1.70 bits per heavy atom. The highest BCUT2D eigenvalue weighted by Crippen LogP contribution is 1.97. The zero-order valence-electron chi connectivity index (χ0n) is 5.96. The lowest BCUT2D eigenvalue weighted by Crippen LogP contribution is -1.99. The minimum atomic E-state index is -0.622. The van der Waals surface area contributed by atoms with Gasteiger partial charge in [-0.2, -0.15) is 0 Å². The number of nitrogens with zero attached hydrogens (tertiary/aromatic N) is 1. The minimum absolute atomic E-state index is 0.184. The van der Waals surface area contributed by atoms with Crippen molar-refractivity contribution < 1.29 is 9.72 Å². The quantitative estimate of drug-likeness (QED) is 0.338. The summed E-state index contributed by atoms with van der Waals surface area (Å²) < 4.78 is 0. The van der Waals surface area contributed by atoms with Crippen LogP contribution in [0.25, 0.3) is 0 Å². The molecule has 56 valence electrons. The van der Waals surface area contributed by atoms with E-state index in [0.717, 1.165) is 6.20 Å². The Hall–Kier alpha value is -1.19. The molecule has 0 bridgehead atoms. The van der Waals surface area contributed by atoms with Gasteiger partial charge in [0.1, 0.15) is 0 Å².